The highest BCUT2D eigenvalue weighted by Gasteiger charge is 2.11. The molecule has 0 saturated heterocycles. The molecule has 6 nitrogen and oxygen atoms in total. The number of benzene rings is 1. The summed E-state index contributed by atoms with van der Waals surface area (Å²) >= 11 is 0. The molecule has 0 bridgehead atoms. The molecule has 0 aliphatic carbocycles. The summed E-state index contributed by atoms with van der Waals surface area (Å²) in [5, 5.41) is 6.20. The molecule has 1 aromatic carbocycles. The lowest BCUT2D eigenvalue weighted by Crippen LogP contribution is -2.15. The maximum Gasteiger partial charge on any atom is 0.224 e. The van der Waals surface area contributed by atoms with Gasteiger partial charge in [0, 0.05) is 19.8 Å². The molecule has 1 aliphatic heterocycles. The Bertz CT molecular complexity index is 618. The van der Waals surface area contributed by atoms with Crippen molar-refractivity contribution in [2.24, 2.45) is 0 Å². The van der Waals surface area contributed by atoms with Crippen molar-refractivity contribution in [2.75, 3.05) is 37.4 Å². The Labute approximate surface area is 123 Å². The van der Waals surface area contributed by atoms with Crippen LogP contribution in [-0.4, -0.2) is 36.8 Å². The van der Waals surface area contributed by atoms with E-state index in [0.29, 0.717) is 19.2 Å². The summed E-state index contributed by atoms with van der Waals surface area (Å²) in [6.07, 6.45) is 2.61. The first kappa shape index (κ1) is 13.5. The average molecular weight is 286 g/mol. The van der Waals surface area contributed by atoms with Crippen molar-refractivity contribution in [1.82, 2.24) is 9.97 Å². The van der Waals surface area contributed by atoms with Crippen LogP contribution in [0.3, 0.4) is 0 Å². The summed E-state index contributed by atoms with van der Waals surface area (Å²) in [5.41, 5.74) is 1.20. The molecule has 2 heterocycles. The molecule has 0 radical (unpaired) electrons. The maximum atomic E-state index is 5.58. The number of nitrogens with zero attached hydrogens (tertiary/aromatic N) is 2. The summed E-state index contributed by atoms with van der Waals surface area (Å²) < 4.78 is 11.1. The molecule has 3 rings (SSSR count). The third kappa shape index (κ3) is 3.34. The van der Waals surface area contributed by atoms with Crippen molar-refractivity contribution in [3.05, 3.63) is 36.0 Å². The Hall–Kier alpha value is -2.50. The van der Waals surface area contributed by atoms with Gasteiger partial charge in [-0.05, 0) is 30.2 Å². The van der Waals surface area contributed by atoms with Gasteiger partial charge in [-0.3, -0.25) is 0 Å². The van der Waals surface area contributed by atoms with E-state index >= 15 is 0 Å². The molecule has 0 unspecified atom stereocenters. The van der Waals surface area contributed by atoms with Crippen LogP contribution in [0.1, 0.15) is 5.56 Å². The van der Waals surface area contributed by atoms with Crippen molar-refractivity contribution >= 4 is 11.8 Å². The maximum absolute atomic E-state index is 5.58. The molecule has 0 spiro atoms. The summed E-state index contributed by atoms with van der Waals surface area (Å²) in [4.78, 5) is 8.39. The van der Waals surface area contributed by atoms with Crippen LogP contribution in [0.4, 0.5) is 11.8 Å². The monoisotopic (exact) mass is 286 g/mol. The highest BCUT2D eigenvalue weighted by Crippen LogP contribution is 2.30. The van der Waals surface area contributed by atoms with Gasteiger partial charge in [0.05, 0.1) is 0 Å². The molecule has 1 aromatic heterocycles. The lowest BCUT2D eigenvalue weighted by molar-refractivity contribution is 0.171. The van der Waals surface area contributed by atoms with E-state index in [2.05, 4.69) is 26.7 Å². The number of hydrogen-bond acceptors (Lipinski definition) is 6. The second-order valence-corrected chi connectivity index (χ2v) is 4.67. The van der Waals surface area contributed by atoms with Crippen molar-refractivity contribution in [1.29, 1.82) is 0 Å². The molecule has 2 N–H and O–H groups in total. The Morgan fingerprint density at radius 1 is 1.14 bits per heavy atom. The minimum atomic E-state index is 0.610. The molecule has 0 amide bonds. The average Bonchev–Trinajstić information content (AvgIpc) is 2.55. The van der Waals surface area contributed by atoms with Crippen LogP contribution in [0.15, 0.2) is 30.5 Å². The first-order valence-corrected chi connectivity index (χ1v) is 6.98. The second kappa shape index (κ2) is 6.30. The lowest BCUT2D eigenvalue weighted by Gasteiger charge is -2.18. The van der Waals surface area contributed by atoms with E-state index < -0.39 is 0 Å². The quantitative estimate of drug-likeness (QED) is 0.875. The predicted molar refractivity (Wildman–Crippen MR) is 81.2 cm³/mol. The fraction of sp³-hybridized carbons (Fsp3) is 0.333. The minimum absolute atomic E-state index is 0.610. The smallest absolute Gasteiger partial charge is 0.224 e. The van der Waals surface area contributed by atoms with Crippen molar-refractivity contribution < 1.29 is 9.47 Å². The van der Waals surface area contributed by atoms with Crippen LogP contribution in [0.5, 0.6) is 11.5 Å². The summed E-state index contributed by atoms with van der Waals surface area (Å²) in [5.74, 6) is 3.08. The largest absolute Gasteiger partial charge is 0.486 e. The number of fused-ring (bicyclic) bond motifs is 1. The zero-order valence-electron chi connectivity index (χ0n) is 11.9. The van der Waals surface area contributed by atoms with Gasteiger partial charge in [-0.15, -0.1) is 0 Å². The zero-order chi connectivity index (χ0) is 14.5. The van der Waals surface area contributed by atoms with Gasteiger partial charge in [-0.25, -0.2) is 4.98 Å². The summed E-state index contributed by atoms with van der Waals surface area (Å²) in [7, 11) is 1.80. The minimum Gasteiger partial charge on any atom is -0.486 e. The van der Waals surface area contributed by atoms with Crippen molar-refractivity contribution in [2.45, 2.75) is 6.42 Å². The number of aromatic nitrogens is 2. The highest BCUT2D eigenvalue weighted by atomic mass is 16.6. The van der Waals surface area contributed by atoms with Gasteiger partial charge in [0.2, 0.25) is 5.95 Å². The molecular formula is C15H18N4O2. The number of hydrogen-bond donors (Lipinski definition) is 2. The molecule has 0 atom stereocenters. The fourth-order valence-electron chi connectivity index (χ4n) is 2.16. The Morgan fingerprint density at radius 3 is 2.86 bits per heavy atom. The highest BCUT2D eigenvalue weighted by molar-refractivity contribution is 5.44. The predicted octanol–water partition coefficient (Wildman–Crippen LogP) is 1.94. The topological polar surface area (TPSA) is 68.3 Å². The van der Waals surface area contributed by atoms with Gasteiger partial charge in [-0.1, -0.05) is 6.07 Å². The number of nitrogens with one attached hydrogen (secondary N) is 2. The molecule has 110 valence electrons. The van der Waals surface area contributed by atoms with Crippen LogP contribution < -0.4 is 20.1 Å². The molecule has 2 aromatic rings. The number of rotatable bonds is 5. The van der Waals surface area contributed by atoms with Gasteiger partial charge >= 0.3 is 0 Å². The first-order valence-electron chi connectivity index (χ1n) is 6.98. The Morgan fingerprint density at radius 2 is 2.00 bits per heavy atom. The number of ether oxygens (including phenoxy) is 2. The first-order chi connectivity index (χ1) is 10.3. The molecule has 0 saturated carbocycles. The Kier molecular flexibility index (Phi) is 4.04. The standard InChI is InChI=1S/C15H18N4O2/c1-16-15-18-7-5-14(19-15)17-6-4-11-2-3-12-13(10-11)21-9-8-20-12/h2-3,5,7,10H,4,6,8-9H2,1H3,(H2,16,17,18,19). The van der Waals surface area contributed by atoms with Gasteiger partial charge in [0.15, 0.2) is 11.5 Å². The van der Waals surface area contributed by atoms with E-state index in [1.807, 2.05) is 18.2 Å². The zero-order valence-corrected chi connectivity index (χ0v) is 11.9. The molecule has 0 fully saturated rings. The van der Waals surface area contributed by atoms with E-state index in [1.54, 1.807) is 13.2 Å². The normalized spacial score (nSPS) is 12.8. The van der Waals surface area contributed by atoms with Gasteiger partial charge < -0.3 is 20.1 Å². The third-order valence-electron chi connectivity index (χ3n) is 3.21. The van der Waals surface area contributed by atoms with Crippen LogP contribution in [-0.2, 0) is 6.42 Å². The van der Waals surface area contributed by atoms with Gasteiger partial charge in [0.1, 0.15) is 19.0 Å². The summed E-state index contributed by atoms with van der Waals surface area (Å²) in [6, 6.07) is 7.92. The second-order valence-electron chi connectivity index (χ2n) is 4.67. The van der Waals surface area contributed by atoms with Gasteiger partial charge in [0.25, 0.3) is 0 Å². The van der Waals surface area contributed by atoms with Crippen molar-refractivity contribution in [3.63, 3.8) is 0 Å². The van der Waals surface area contributed by atoms with Crippen molar-refractivity contribution in [3.8, 4) is 11.5 Å². The van der Waals surface area contributed by atoms with E-state index in [0.717, 1.165) is 30.3 Å². The molecule has 6 heteroatoms. The molecule has 21 heavy (non-hydrogen) atoms. The van der Waals surface area contributed by atoms with E-state index in [4.69, 9.17) is 9.47 Å². The summed E-state index contributed by atoms with van der Waals surface area (Å²) in [6.45, 7) is 2.03. The van der Waals surface area contributed by atoms with Crippen LogP contribution >= 0.6 is 0 Å². The SMILES string of the molecule is CNc1nccc(NCCc2ccc3c(c2)OCCO3)n1. The third-order valence-corrected chi connectivity index (χ3v) is 3.21. The van der Waals surface area contributed by atoms with E-state index in [9.17, 15) is 0 Å². The van der Waals surface area contributed by atoms with Crippen LogP contribution in [0.25, 0.3) is 0 Å². The van der Waals surface area contributed by atoms with E-state index in [1.165, 1.54) is 5.56 Å². The fourth-order valence-corrected chi connectivity index (χ4v) is 2.16. The van der Waals surface area contributed by atoms with Crippen LogP contribution in [0.2, 0.25) is 0 Å². The van der Waals surface area contributed by atoms with Crippen LogP contribution in [0, 0.1) is 0 Å². The molecule has 1 aliphatic rings. The molecular weight excluding hydrogens is 268 g/mol. The lowest BCUT2D eigenvalue weighted by atomic mass is 10.1. The van der Waals surface area contributed by atoms with E-state index in [-0.39, 0.29) is 0 Å². The Balaban J connectivity index is 1.57. The number of anilines is 2. The van der Waals surface area contributed by atoms with Gasteiger partial charge in [-0.2, -0.15) is 4.98 Å².